The van der Waals surface area contributed by atoms with Gasteiger partial charge in [-0.2, -0.15) is 0 Å². The van der Waals surface area contributed by atoms with Crippen LogP contribution < -0.4 is 10.6 Å². The van der Waals surface area contributed by atoms with Gasteiger partial charge >= 0.3 is 6.03 Å². The van der Waals surface area contributed by atoms with Crippen molar-refractivity contribution in [2.24, 2.45) is 0 Å². The third-order valence-electron chi connectivity index (χ3n) is 3.31. The van der Waals surface area contributed by atoms with Gasteiger partial charge in [0.15, 0.2) is 5.16 Å². The molecule has 0 spiro atoms. The van der Waals surface area contributed by atoms with Crippen molar-refractivity contribution < 1.29 is 9.59 Å². The van der Waals surface area contributed by atoms with E-state index in [-0.39, 0.29) is 11.9 Å². The second-order valence-electron chi connectivity index (χ2n) is 5.74. The van der Waals surface area contributed by atoms with Crippen LogP contribution in [0.5, 0.6) is 0 Å². The van der Waals surface area contributed by atoms with Gasteiger partial charge in [0.05, 0.1) is 5.25 Å². The van der Waals surface area contributed by atoms with Crippen LogP contribution in [0.1, 0.15) is 52.3 Å². The molecule has 2 rings (SSSR count). The summed E-state index contributed by atoms with van der Waals surface area (Å²) >= 11 is 1.33. The van der Waals surface area contributed by atoms with Crippen LogP contribution in [-0.4, -0.2) is 38.0 Å². The molecular weight excluding hydrogens is 302 g/mol. The Kier molecular flexibility index (Phi) is 5.44. The third kappa shape index (κ3) is 4.22. The maximum Gasteiger partial charge on any atom is 0.321 e. The maximum atomic E-state index is 12.0. The molecule has 1 aliphatic rings. The summed E-state index contributed by atoms with van der Waals surface area (Å²) in [6, 6.07) is -0.483. The highest BCUT2D eigenvalue weighted by Crippen LogP contribution is 2.40. The van der Waals surface area contributed by atoms with E-state index in [2.05, 4.69) is 25.4 Å². The van der Waals surface area contributed by atoms with Crippen LogP contribution in [0.2, 0.25) is 0 Å². The Morgan fingerprint density at radius 2 is 2.00 bits per heavy atom. The summed E-state index contributed by atoms with van der Waals surface area (Å²) < 4.78 is 2.06. The van der Waals surface area contributed by atoms with Gasteiger partial charge in [0.25, 0.3) is 0 Å². The highest BCUT2D eigenvalue weighted by Gasteiger charge is 2.30. The summed E-state index contributed by atoms with van der Waals surface area (Å²) in [6.45, 7) is 8.26. The first-order chi connectivity index (χ1) is 10.4. The van der Waals surface area contributed by atoms with Crippen LogP contribution >= 0.6 is 11.8 Å². The van der Waals surface area contributed by atoms with Crippen LogP contribution in [0, 0.1) is 0 Å². The number of nitrogens with zero attached hydrogens (tertiary/aromatic N) is 3. The van der Waals surface area contributed by atoms with Crippen LogP contribution in [0.3, 0.4) is 0 Å². The number of hydrogen-bond donors (Lipinski definition) is 2. The second kappa shape index (κ2) is 7.13. The Morgan fingerprint density at radius 1 is 1.32 bits per heavy atom. The van der Waals surface area contributed by atoms with Gasteiger partial charge in [-0.3, -0.25) is 10.1 Å². The van der Waals surface area contributed by atoms with E-state index in [9.17, 15) is 9.59 Å². The monoisotopic (exact) mass is 325 g/mol. The van der Waals surface area contributed by atoms with Gasteiger partial charge in [0, 0.05) is 18.5 Å². The smallest absolute Gasteiger partial charge is 0.321 e. The van der Waals surface area contributed by atoms with Gasteiger partial charge < -0.3 is 9.88 Å². The summed E-state index contributed by atoms with van der Waals surface area (Å²) in [4.78, 5) is 23.6. The first-order valence-corrected chi connectivity index (χ1v) is 8.51. The van der Waals surface area contributed by atoms with Crippen molar-refractivity contribution in [3.8, 4) is 0 Å². The molecule has 0 bridgehead atoms. The van der Waals surface area contributed by atoms with Gasteiger partial charge in [0.2, 0.25) is 5.91 Å². The van der Waals surface area contributed by atoms with E-state index in [0.717, 1.165) is 30.4 Å². The normalized spacial score (nSPS) is 15.7. The number of imide groups is 1. The molecule has 1 saturated carbocycles. The van der Waals surface area contributed by atoms with Gasteiger partial charge in [-0.1, -0.05) is 11.8 Å². The molecule has 22 heavy (non-hydrogen) atoms. The zero-order valence-corrected chi connectivity index (χ0v) is 14.2. The molecule has 7 nitrogen and oxygen atoms in total. The number of carbonyl (C=O) groups is 2. The molecule has 1 aromatic rings. The van der Waals surface area contributed by atoms with Crippen LogP contribution in [-0.2, 0) is 11.3 Å². The highest BCUT2D eigenvalue weighted by atomic mass is 32.2. The minimum absolute atomic E-state index is 0.0138. The number of amides is 3. The molecule has 0 unspecified atom stereocenters. The summed E-state index contributed by atoms with van der Waals surface area (Å²) in [5, 5.41) is 13.7. The van der Waals surface area contributed by atoms with Gasteiger partial charge in [-0.05, 0) is 40.5 Å². The van der Waals surface area contributed by atoms with Crippen molar-refractivity contribution in [3.63, 3.8) is 0 Å². The molecule has 0 aromatic carbocycles. The van der Waals surface area contributed by atoms with Crippen molar-refractivity contribution in [3.05, 3.63) is 5.82 Å². The molecule has 1 atom stereocenters. The first-order valence-electron chi connectivity index (χ1n) is 7.63. The average molecular weight is 325 g/mol. The number of rotatable bonds is 6. The number of aromatic nitrogens is 3. The quantitative estimate of drug-likeness (QED) is 0.780. The molecule has 122 valence electrons. The lowest BCUT2D eigenvalue weighted by atomic mass is 10.4. The minimum atomic E-state index is -0.469. The van der Waals surface area contributed by atoms with Crippen molar-refractivity contribution in [2.45, 2.75) is 69.4 Å². The minimum Gasteiger partial charge on any atom is -0.336 e. The van der Waals surface area contributed by atoms with E-state index in [0.29, 0.717) is 5.92 Å². The summed E-state index contributed by atoms with van der Waals surface area (Å²) in [6.07, 6.45) is 2.32. The molecule has 1 aliphatic carbocycles. The van der Waals surface area contributed by atoms with E-state index in [1.165, 1.54) is 11.8 Å². The predicted octanol–water partition coefficient (Wildman–Crippen LogP) is 1.89. The summed E-state index contributed by atoms with van der Waals surface area (Å²) in [5.74, 6) is 1.19. The number of thioether (sulfide) groups is 1. The highest BCUT2D eigenvalue weighted by molar-refractivity contribution is 8.00. The Labute approximate surface area is 134 Å². The Hall–Kier alpha value is -1.57. The molecule has 1 fully saturated rings. The molecular formula is C14H23N5O2S. The Balaban J connectivity index is 1.95. The number of urea groups is 1. The van der Waals surface area contributed by atoms with Crippen molar-refractivity contribution in [1.82, 2.24) is 25.4 Å². The molecule has 1 heterocycles. The number of hydrogen-bond acceptors (Lipinski definition) is 5. The lowest BCUT2D eigenvalue weighted by molar-refractivity contribution is -0.119. The number of carbonyl (C=O) groups excluding carboxylic acids is 2. The van der Waals surface area contributed by atoms with Crippen molar-refractivity contribution in [2.75, 3.05) is 0 Å². The SMILES string of the molecule is CCn1c(S[C@@H](C)C(=O)NC(=O)NC(C)C)nnc1C1CC1. The predicted molar refractivity (Wildman–Crippen MR) is 84.8 cm³/mol. The summed E-state index contributed by atoms with van der Waals surface area (Å²) in [5.41, 5.74) is 0. The molecule has 1 aromatic heterocycles. The van der Waals surface area contributed by atoms with E-state index in [4.69, 9.17) is 0 Å². The van der Waals surface area contributed by atoms with Crippen LogP contribution in [0.15, 0.2) is 5.16 Å². The van der Waals surface area contributed by atoms with Crippen LogP contribution in [0.4, 0.5) is 4.79 Å². The standard InChI is InChI=1S/C14H23N5O2S/c1-5-19-11(10-6-7-10)17-18-14(19)22-9(4)12(20)16-13(21)15-8(2)3/h8-10H,5-7H2,1-4H3,(H2,15,16,20,21)/t9-/m0/s1. The second-order valence-corrected chi connectivity index (χ2v) is 7.04. The Morgan fingerprint density at radius 3 is 2.55 bits per heavy atom. The van der Waals surface area contributed by atoms with E-state index >= 15 is 0 Å². The van der Waals surface area contributed by atoms with Gasteiger partial charge in [0.1, 0.15) is 5.82 Å². The van der Waals surface area contributed by atoms with Gasteiger partial charge in [-0.25, -0.2) is 4.79 Å². The molecule has 0 radical (unpaired) electrons. The fourth-order valence-electron chi connectivity index (χ4n) is 2.05. The van der Waals surface area contributed by atoms with Gasteiger partial charge in [-0.15, -0.1) is 10.2 Å². The topological polar surface area (TPSA) is 88.9 Å². The molecule has 0 aliphatic heterocycles. The zero-order valence-electron chi connectivity index (χ0n) is 13.4. The molecule has 2 N–H and O–H groups in total. The zero-order chi connectivity index (χ0) is 16.3. The molecule has 3 amide bonds. The number of nitrogens with one attached hydrogen (secondary N) is 2. The third-order valence-corrected chi connectivity index (χ3v) is 4.39. The summed E-state index contributed by atoms with van der Waals surface area (Å²) in [7, 11) is 0. The van der Waals surface area contributed by atoms with E-state index < -0.39 is 11.3 Å². The largest absolute Gasteiger partial charge is 0.336 e. The molecule has 0 saturated heterocycles. The van der Waals surface area contributed by atoms with Crippen LogP contribution in [0.25, 0.3) is 0 Å². The Bertz CT molecular complexity index is 553. The first kappa shape index (κ1) is 16.8. The maximum absolute atomic E-state index is 12.0. The van der Waals surface area contributed by atoms with Crippen molar-refractivity contribution in [1.29, 1.82) is 0 Å². The lowest BCUT2D eigenvalue weighted by Crippen LogP contribution is -2.45. The fraction of sp³-hybridized carbons (Fsp3) is 0.714. The average Bonchev–Trinajstić information content (AvgIpc) is 3.19. The van der Waals surface area contributed by atoms with E-state index in [1.807, 2.05) is 20.8 Å². The lowest BCUT2D eigenvalue weighted by Gasteiger charge is -2.13. The van der Waals surface area contributed by atoms with E-state index in [1.54, 1.807) is 6.92 Å². The van der Waals surface area contributed by atoms with Crippen molar-refractivity contribution >= 4 is 23.7 Å². The molecule has 8 heteroatoms. The fourth-order valence-corrected chi connectivity index (χ4v) is 2.97.